The average molecular weight is 279 g/mol. The Morgan fingerprint density at radius 3 is 2.35 bits per heavy atom. The number of likely N-dealkylation sites (N-methyl/N-ethyl adjacent to an activating group) is 1. The Kier molecular flexibility index (Phi) is 4.61. The van der Waals surface area contributed by atoms with Crippen LogP contribution in [-0.2, 0) is 4.79 Å². The Balaban J connectivity index is 1.42. The quantitative estimate of drug-likeness (QED) is 0.846. The molecule has 2 saturated heterocycles. The maximum Gasteiger partial charge on any atom is 0.234 e. The lowest BCUT2D eigenvalue weighted by molar-refractivity contribution is -0.123. The van der Waals surface area contributed by atoms with Gasteiger partial charge in [0.2, 0.25) is 5.91 Å². The van der Waals surface area contributed by atoms with Gasteiger partial charge in [0.25, 0.3) is 0 Å². The van der Waals surface area contributed by atoms with Crippen molar-refractivity contribution in [2.45, 2.75) is 57.0 Å². The minimum Gasteiger partial charge on any atom is -0.355 e. The van der Waals surface area contributed by atoms with Crippen molar-refractivity contribution in [2.75, 3.05) is 33.2 Å². The number of carbonyl (C=O) groups excluding carboxylic acids is 1. The highest BCUT2D eigenvalue weighted by Gasteiger charge is 2.39. The summed E-state index contributed by atoms with van der Waals surface area (Å²) in [5.74, 6) is 0.980. The van der Waals surface area contributed by atoms with Crippen LogP contribution < -0.4 is 5.32 Å². The molecule has 3 fully saturated rings. The third-order valence-electron chi connectivity index (χ3n) is 5.45. The van der Waals surface area contributed by atoms with Crippen molar-refractivity contribution >= 4 is 5.91 Å². The first-order valence-electron chi connectivity index (χ1n) is 8.43. The van der Waals surface area contributed by atoms with Crippen molar-refractivity contribution in [1.29, 1.82) is 0 Å². The first-order chi connectivity index (χ1) is 9.72. The molecular weight excluding hydrogens is 250 g/mol. The molecular formula is C16H29N3O. The van der Waals surface area contributed by atoms with Gasteiger partial charge in [0.1, 0.15) is 0 Å². The molecule has 0 aromatic heterocycles. The molecule has 0 aromatic carbocycles. The Bertz CT molecular complexity index is 327. The SMILES string of the molecule is CN1C[C@H]2CC[C@@H](C1)N2CC(=O)NCC1CCCCC1. The van der Waals surface area contributed by atoms with Gasteiger partial charge in [-0.15, -0.1) is 0 Å². The molecule has 4 nitrogen and oxygen atoms in total. The second-order valence-corrected chi connectivity index (χ2v) is 7.09. The monoisotopic (exact) mass is 279 g/mol. The third-order valence-corrected chi connectivity index (χ3v) is 5.45. The van der Waals surface area contributed by atoms with Gasteiger partial charge in [0.15, 0.2) is 0 Å². The van der Waals surface area contributed by atoms with Crippen molar-refractivity contribution in [3.8, 4) is 0 Å². The summed E-state index contributed by atoms with van der Waals surface area (Å²) in [7, 11) is 2.20. The molecule has 3 aliphatic rings. The maximum atomic E-state index is 12.2. The zero-order valence-corrected chi connectivity index (χ0v) is 12.8. The average Bonchev–Trinajstić information content (AvgIpc) is 2.69. The van der Waals surface area contributed by atoms with Crippen molar-refractivity contribution < 1.29 is 4.79 Å². The van der Waals surface area contributed by atoms with Gasteiger partial charge in [-0.05, 0) is 38.6 Å². The molecule has 2 atom stereocenters. The minimum absolute atomic E-state index is 0.247. The molecule has 3 rings (SSSR count). The molecule has 2 bridgehead atoms. The molecule has 0 unspecified atom stereocenters. The molecule has 4 heteroatoms. The number of amides is 1. The molecule has 0 aromatic rings. The maximum absolute atomic E-state index is 12.2. The zero-order chi connectivity index (χ0) is 13.9. The van der Waals surface area contributed by atoms with E-state index in [1.807, 2.05) is 0 Å². The first-order valence-corrected chi connectivity index (χ1v) is 8.43. The number of hydrogen-bond acceptors (Lipinski definition) is 3. The minimum atomic E-state index is 0.247. The molecule has 1 aliphatic carbocycles. The van der Waals surface area contributed by atoms with Crippen LogP contribution in [0, 0.1) is 5.92 Å². The summed E-state index contributed by atoms with van der Waals surface area (Å²) in [6.07, 6.45) is 9.23. The van der Waals surface area contributed by atoms with E-state index in [2.05, 4.69) is 22.2 Å². The van der Waals surface area contributed by atoms with E-state index in [0.29, 0.717) is 18.6 Å². The van der Waals surface area contributed by atoms with E-state index in [9.17, 15) is 4.79 Å². The molecule has 0 spiro atoms. The van der Waals surface area contributed by atoms with Gasteiger partial charge < -0.3 is 10.2 Å². The third kappa shape index (κ3) is 3.34. The summed E-state index contributed by atoms with van der Waals surface area (Å²) < 4.78 is 0. The fourth-order valence-electron chi connectivity index (χ4n) is 4.33. The van der Waals surface area contributed by atoms with Gasteiger partial charge in [0.05, 0.1) is 6.54 Å². The van der Waals surface area contributed by atoms with Crippen LogP contribution in [0.2, 0.25) is 0 Å². The summed E-state index contributed by atoms with van der Waals surface area (Å²) in [5, 5.41) is 3.19. The van der Waals surface area contributed by atoms with Crippen LogP contribution in [0.1, 0.15) is 44.9 Å². The van der Waals surface area contributed by atoms with E-state index >= 15 is 0 Å². The van der Waals surface area contributed by atoms with E-state index in [0.717, 1.165) is 25.6 Å². The summed E-state index contributed by atoms with van der Waals surface area (Å²) in [6.45, 7) is 3.79. The highest BCUT2D eigenvalue weighted by atomic mass is 16.2. The lowest BCUT2D eigenvalue weighted by Crippen LogP contribution is -2.55. The molecule has 1 amide bonds. The number of fused-ring (bicyclic) bond motifs is 2. The smallest absolute Gasteiger partial charge is 0.234 e. The van der Waals surface area contributed by atoms with Gasteiger partial charge in [-0.3, -0.25) is 9.69 Å². The Morgan fingerprint density at radius 2 is 1.70 bits per heavy atom. The Morgan fingerprint density at radius 1 is 1.05 bits per heavy atom. The van der Waals surface area contributed by atoms with Crippen molar-refractivity contribution in [3.63, 3.8) is 0 Å². The van der Waals surface area contributed by atoms with E-state index < -0.39 is 0 Å². The van der Waals surface area contributed by atoms with Gasteiger partial charge >= 0.3 is 0 Å². The summed E-state index contributed by atoms with van der Waals surface area (Å²) in [4.78, 5) is 17.1. The van der Waals surface area contributed by atoms with E-state index in [-0.39, 0.29) is 5.91 Å². The lowest BCUT2D eigenvalue weighted by atomic mass is 9.89. The Hall–Kier alpha value is -0.610. The van der Waals surface area contributed by atoms with Crippen LogP contribution in [-0.4, -0.2) is 61.0 Å². The standard InChI is InChI=1S/C16H29N3O/c1-18-10-14-7-8-15(11-18)19(14)12-16(20)17-9-13-5-3-2-4-6-13/h13-15H,2-12H2,1H3,(H,17,20)/t14-,15+. The Labute approximate surface area is 122 Å². The van der Waals surface area contributed by atoms with Gasteiger partial charge in [-0.25, -0.2) is 0 Å². The van der Waals surface area contributed by atoms with Crippen LogP contribution in [0.25, 0.3) is 0 Å². The van der Waals surface area contributed by atoms with Crippen LogP contribution in [0.15, 0.2) is 0 Å². The number of piperazine rings is 1. The largest absolute Gasteiger partial charge is 0.355 e. The number of hydrogen-bond donors (Lipinski definition) is 1. The molecule has 114 valence electrons. The predicted octanol–water partition coefficient (Wildman–Crippen LogP) is 1.46. The van der Waals surface area contributed by atoms with E-state index in [4.69, 9.17) is 0 Å². The fourth-order valence-corrected chi connectivity index (χ4v) is 4.33. The van der Waals surface area contributed by atoms with Gasteiger partial charge in [-0.2, -0.15) is 0 Å². The number of nitrogens with zero attached hydrogens (tertiary/aromatic N) is 2. The number of carbonyl (C=O) groups is 1. The highest BCUT2D eigenvalue weighted by molar-refractivity contribution is 5.78. The van der Waals surface area contributed by atoms with Crippen molar-refractivity contribution in [3.05, 3.63) is 0 Å². The van der Waals surface area contributed by atoms with Crippen LogP contribution in [0.3, 0.4) is 0 Å². The van der Waals surface area contributed by atoms with Crippen molar-refractivity contribution in [2.24, 2.45) is 5.92 Å². The van der Waals surface area contributed by atoms with Crippen LogP contribution in [0.5, 0.6) is 0 Å². The molecule has 0 radical (unpaired) electrons. The predicted molar refractivity (Wildman–Crippen MR) is 80.6 cm³/mol. The van der Waals surface area contributed by atoms with Crippen LogP contribution in [0.4, 0.5) is 0 Å². The van der Waals surface area contributed by atoms with E-state index in [1.165, 1.54) is 44.9 Å². The fraction of sp³-hybridized carbons (Fsp3) is 0.938. The van der Waals surface area contributed by atoms with Crippen LogP contribution >= 0.6 is 0 Å². The molecule has 1 saturated carbocycles. The van der Waals surface area contributed by atoms with E-state index in [1.54, 1.807) is 0 Å². The van der Waals surface area contributed by atoms with Gasteiger partial charge in [0, 0.05) is 31.7 Å². The van der Waals surface area contributed by atoms with Crippen molar-refractivity contribution in [1.82, 2.24) is 15.1 Å². The number of nitrogens with one attached hydrogen (secondary N) is 1. The first kappa shape index (κ1) is 14.3. The number of likely N-dealkylation sites (tertiary alicyclic amines) is 1. The molecule has 20 heavy (non-hydrogen) atoms. The molecule has 2 heterocycles. The normalized spacial score (nSPS) is 32.5. The van der Waals surface area contributed by atoms with Gasteiger partial charge in [-0.1, -0.05) is 19.3 Å². The number of rotatable bonds is 4. The highest BCUT2D eigenvalue weighted by Crippen LogP contribution is 2.29. The summed E-state index contributed by atoms with van der Waals surface area (Å²) in [6, 6.07) is 1.22. The topological polar surface area (TPSA) is 35.6 Å². The second-order valence-electron chi connectivity index (χ2n) is 7.09. The zero-order valence-electron chi connectivity index (χ0n) is 12.8. The summed E-state index contributed by atoms with van der Waals surface area (Å²) in [5.41, 5.74) is 0. The molecule has 1 N–H and O–H groups in total. The molecule has 2 aliphatic heterocycles. The lowest BCUT2D eigenvalue weighted by Gasteiger charge is -2.39. The second kappa shape index (κ2) is 6.44. The summed E-state index contributed by atoms with van der Waals surface area (Å²) >= 11 is 0.